The van der Waals surface area contributed by atoms with E-state index in [0.29, 0.717) is 79.2 Å². The zero-order valence-electron chi connectivity index (χ0n) is 26.2. The number of nitrogens with zero attached hydrogens (tertiary/aromatic N) is 5. The van der Waals surface area contributed by atoms with Gasteiger partial charge in [0.1, 0.15) is 17.2 Å². The second-order valence-electron chi connectivity index (χ2n) is 11.1. The molecule has 47 heavy (non-hydrogen) atoms. The topological polar surface area (TPSA) is 162 Å². The first-order valence-electron chi connectivity index (χ1n) is 15.3. The quantitative estimate of drug-likeness (QED) is 0.149. The van der Waals surface area contributed by atoms with Crippen LogP contribution in [0.1, 0.15) is 19.2 Å². The molecule has 0 saturated carbocycles. The van der Waals surface area contributed by atoms with Gasteiger partial charge in [-0.3, -0.25) is 9.59 Å². The lowest BCUT2D eigenvalue weighted by Gasteiger charge is -2.36. The highest BCUT2D eigenvalue weighted by atomic mass is 16.5. The third-order valence-electron chi connectivity index (χ3n) is 8.04. The monoisotopic (exact) mass is 636 g/mol. The second-order valence-corrected chi connectivity index (χ2v) is 11.1. The van der Waals surface area contributed by atoms with E-state index in [2.05, 4.69) is 32.1 Å². The Balaban J connectivity index is 1.34. The predicted molar refractivity (Wildman–Crippen MR) is 180 cm³/mol. The number of methoxy groups -OCH3 is 1. The van der Waals surface area contributed by atoms with Crippen molar-refractivity contribution in [2.75, 3.05) is 55.4 Å². The van der Waals surface area contributed by atoms with Crippen molar-refractivity contribution in [3.8, 4) is 28.4 Å². The molecule has 1 aliphatic heterocycles. The summed E-state index contributed by atoms with van der Waals surface area (Å²) in [4.78, 5) is 45.8. The molecule has 0 spiro atoms. The average Bonchev–Trinajstić information content (AvgIpc) is 3.75. The van der Waals surface area contributed by atoms with Crippen molar-refractivity contribution in [3.05, 3.63) is 73.4 Å². The molecule has 0 atom stereocenters. The zero-order chi connectivity index (χ0) is 32.9. The Morgan fingerprint density at radius 2 is 1.94 bits per heavy atom. The molecule has 4 heterocycles. The number of aliphatic hydroxyl groups excluding tert-OH is 1. The smallest absolute Gasteiger partial charge is 0.247 e. The average molecular weight is 637 g/mol. The normalized spacial score (nSPS) is 13.1. The number of ether oxygens (including phenoxy) is 1. The molecule has 13 heteroatoms. The highest BCUT2D eigenvalue weighted by Gasteiger charge is 2.24. The Morgan fingerprint density at radius 3 is 2.68 bits per heavy atom. The number of anilines is 4. The van der Waals surface area contributed by atoms with Crippen LogP contribution < -0.4 is 20.3 Å². The van der Waals surface area contributed by atoms with Gasteiger partial charge < -0.3 is 39.7 Å². The maximum atomic E-state index is 12.5. The predicted octanol–water partition coefficient (Wildman–Crippen LogP) is 4.75. The fourth-order valence-electron chi connectivity index (χ4n) is 5.61. The summed E-state index contributed by atoms with van der Waals surface area (Å²) >= 11 is 0. The molecule has 13 nitrogen and oxygen atoms in total. The van der Waals surface area contributed by atoms with Crippen LogP contribution in [-0.4, -0.2) is 81.7 Å². The molecule has 1 aliphatic rings. The minimum absolute atomic E-state index is 0.0337. The number of carbonyl (C=O) groups is 2. The SMILES string of the molecule is C=CC(=O)Nc1cc(Nc2nccc(-c3[nH]c(CCCO)nc3-c3ccc4ccoc4c3)n2)c(OC)cc1N1CCN(C(C)=O)CC1. The van der Waals surface area contributed by atoms with Crippen LogP contribution in [0.4, 0.5) is 23.0 Å². The van der Waals surface area contributed by atoms with Crippen molar-refractivity contribution >= 4 is 45.8 Å². The maximum Gasteiger partial charge on any atom is 0.247 e. The van der Waals surface area contributed by atoms with Gasteiger partial charge in [0, 0.05) is 69.3 Å². The van der Waals surface area contributed by atoms with Gasteiger partial charge in [-0.15, -0.1) is 0 Å². The Labute approximate surface area is 271 Å². The van der Waals surface area contributed by atoms with Gasteiger partial charge in [0.25, 0.3) is 0 Å². The Hall–Kier alpha value is -5.69. The molecule has 3 aromatic heterocycles. The van der Waals surface area contributed by atoms with Gasteiger partial charge >= 0.3 is 0 Å². The summed E-state index contributed by atoms with van der Waals surface area (Å²) in [7, 11) is 1.57. The van der Waals surface area contributed by atoms with Gasteiger partial charge in [-0.05, 0) is 36.8 Å². The van der Waals surface area contributed by atoms with Gasteiger partial charge in [0.2, 0.25) is 17.8 Å². The van der Waals surface area contributed by atoms with Crippen LogP contribution in [0.2, 0.25) is 0 Å². The zero-order valence-corrected chi connectivity index (χ0v) is 26.2. The number of furan rings is 1. The van der Waals surface area contributed by atoms with E-state index in [4.69, 9.17) is 19.1 Å². The van der Waals surface area contributed by atoms with Crippen LogP contribution in [-0.2, 0) is 16.0 Å². The summed E-state index contributed by atoms with van der Waals surface area (Å²) < 4.78 is 11.4. The number of nitrogens with one attached hydrogen (secondary N) is 3. The van der Waals surface area contributed by atoms with Gasteiger partial charge in [-0.2, -0.15) is 0 Å². The number of H-pyrrole nitrogens is 1. The highest BCUT2D eigenvalue weighted by Crippen LogP contribution is 2.39. The lowest BCUT2D eigenvalue weighted by Crippen LogP contribution is -2.48. The van der Waals surface area contributed by atoms with Crippen LogP contribution >= 0.6 is 0 Å². The fourth-order valence-corrected chi connectivity index (χ4v) is 5.61. The van der Waals surface area contributed by atoms with Crippen LogP contribution in [0.5, 0.6) is 5.75 Å². The van der Waals surface area contributed by atoms with E-state index in [1.807, 2.05) is 30.3 Å². The third kappa shape index (κ3) is 6.79. The number of fused-ring (bicyclic) bond motifs is 1. The molecule has 2 aromatic carbocycles. The number of hydrogen-bond donors (Lipinski definition) is 4. The number of piperazine rings is 1. The number of aromatic nitrogens is 4. The molecule has 2 amide bonds. The van der Waals surface area contributed by atoms with Crippen molar-refractivity contribution in [3.63, 3.8) is 0 Å². The summed E-state index contributed by atoms with van der Waals surface area (Å²) in [5.41, 5.74) is 5.42. The van der Waals surface area contributed by atoms with E-state index in [-0.39, 0.29) is 18.4 Å². The first-order chi connectivity index (χ1) is 22.9. The molecule has 0 radical (unpaired) electrons. The first kappa shape index (κ1) is 31.3. The highest BCUT2D eigenvalue weighted by molar-refractivity contribution is 6.02. The lowest BCUT2D eigenvalue weighted by atomic mass is 10.1. The number of hydrogen-bond acceptors (Lipinski definition) is 10. The molecular weight excluding hydrogens is 600 g/mol. The molecule has 4 N–H and O–H groups in total. The second kappa shape index (κ2) is 13.7. The largest absolute Gasteiger partial charge is 0.494 e. The van der Waals surface area contributed by atoms with Gasteiger partial charge in [-0.1, -0.05) is 18.7 Å². The van der Waals surface area contributed by atoms with Crippen molar-refractivity contribution in [1.82, 2.24) is 24.8 Å². The maximum absolute atomic E-state index is 12.5. The van der Waals surface area contributed by atoms with Gasteiger partial charge in [0.15, 0.2) is 0 Å². The summed E-state index contributed by atoms with van der Waals surface area (Å²) in [6, 6.07) is 13.2. The van der Waals surface area contributed by atoms with E-state index in [1.165, 1.54) is 6.08 Å². The molecule has 0 bridgehead atoms. The van der Waals surface area contributed by atoms with Crippen LogP contribution in [0.25, 0.3) is 33.6 Å². The lowest BCUT2D eigenvalue weighted by molar-refractivity contribution is -0.129. The molecular formula is C34H36N8O5. The number of imidazole rings is 1. The van der Waals surface area contributed by atoms with Crippen molar-refractivity contribution in [1.29, 1.82) is 0 Å². The van der Waals surface area contributed by atoms with Gasteiger partial charge in [-0.25, -0.2) is 15.0 Å². The van der Waals surface area contributed by atoms with Crippen molar-refractivity contribution in [2.24, 2.45) is 0 Å². The third-order valence-corrected chi connectivity index (χ3v) is 8.04. The number of rotatable bonds is 11. The van der Waals surface area contributed by atoms with E-state index in [9.17, 15) is 14.7 Å². The summed E-state index contributed by atoms with van der Waals surface area (Å²) in [5.74, 6) is 1.20. The van der Waals surface area contributed by atoms with Gasteiger partial charge in [0.05, 0.1) is 47.5 Å². The van der Waals surface area contributed by atoms with E-state index < -0.39 is 0 Å². The van der Waals surface area contributed by atoms with E-state index >= 15 is 0 Å². The Bertz CT molecular complexity index is 1920. The van der Waals surface area contributed by atoms with Crippen LogP contribution in [0.3, 0.4) is 0 Å². The van der Waals surface area contributed by atoms with E-state index in [1.54, 1.807) is 43.5 Å². The first-order valence-corrected chi connectivity index (χ1v) is 15.3. The summed E-state index contributed by atoms with van der Waals surface area (Å²) in [6.07, 6.45) is 5.64. The number of aliphatic hydroxyl groups is 1. The molecule has 5 aromatic rings. The van der Waals surface area contributed by atoms with Crippen molar-refractivity contribution < 1.29 is 23.8 Å². The fraction of sp³-hybridized carbons (Fsp3) is 0.265. The molecule has 6 rings (SSSR count). The Morgan fingerprint density at radius 1 is 1.11 bits per heavy atom. The molecule has 1 fully saturated rings. The van der Waals surface area contributed by atoms with E-state index in [0.717, 1.165) is 28.0 Å². The standard InChI is InChI=1S/C34H36N8O5/c1-4-31(45)36-25-19-26(29(46-3)20-27(25)42-14-12-41(13-15-42)21(2)44)38-34-35-11-9-24(37-34)33-32(39-30(40-33)6-5-16-43)23-8-7-22-10-17-47-28(22)18-23/h4,7-11,17-20,43H,1,5-6,12-16H2,2-3H3,(H,36,45)(H,39,40)(H,35,37,38). The Kier molecular flexibility index (Phi) is 9.16. The molecule has 242 valence electrons. The number of aryl methyl sites for hydroxylation is 1. The number of carbonyl (C=O) groups excluding carboxylic acids is 2. The molecule has 0 unspecified atom stereocenters. The number of aromatic amines is 1. The minimum atomic E-state index is -0.362. The van der Waals surface area contributed by atoms with Crippen LogP contribution in [0.15, 0.2) is 72.0 Å². The summed E-state index contributed by atoms with van der Waals surface area (Å²) in [6.45, 7) is 7.54. The number of amides is 2. The van der Waals surface area contributed by atoms with Crippen molar-refractivity contribution in [2.45, 2.75) is 19.8 Å². The number of benzene rings is 2. The van der Waals surface area contributed by atoms with Crippen LogP contribution in [0, 0.1) is 0 Å². The molecule has 1 saturated heterocycles. The molecule has 0 aliphatic carbocycles. The summed E-state index contributed by atoms with van der Waals surface area (Å²) in [5, 5.41) is 16.6. The minimum Gasteiger partial charge on any atom is -0.494 e.